The average molecular weight is 368 g/mol. The second kappa shape index (κ2) is 8.07. The van der Waals surface area contributed by atoms with E-state index >= 15 is 0 Å². The number of nitrogens with zero attached hydrogens (tertiary/aromatic N) is 2. The van der Waals surface area contributed by atoms with Crippen LogP contribution in [0.5, 0.6) is 11.6 Å². The van der Waals surface area contributed by atoms with E-state index in [-0.39, 0.29) is 23.4 Å². The standard InChI is InChI=1S/C18H19F3N2O3/c1-12(13-4-7-15(25-3)8-5-13)23(2)17(24)14-6-9-16(22-10-14)26-11-18(19,20)21/h4-10,12H,11H2,1-3H3. The third-order valence-electron chi connectivity index (χ3n) is 3.87. The highest BCUT2D eigenvalue weighted by Gasteiger charge is 2.28. The molecule has 5 nitrogen and oxygen atoms in total. The lowest BCUT2D eigenvalue weighted by Crippen LogP contribution is -2.29. The molecule has 0 aliphatic carbocycles. The first kappa shape index (κ1) is 19.6. The van der Waals surface area contributed by atoms with Crippen LogP contribution in [0.25, 0.3) is 0 Å². The van der Waals surface area contributed by atoms with Gasteiger partial charge in [0.05, 0.1) is 18.7 Å². The van der Waals surface area contributed by atoms with E-state index in [2.05, 4.69) is 9.72 Å². The largest absolute Gasteiger partial charge is 0.497 e. The Morgan fingerprint density at radius 2 is 1.85 bits per heavy atom. The number of pyridine rings is 1. The zero-order valence-corrected chi connectivity index (χ0v) is 14.6. The van der Waals surface area contributed by atoms with Gasteiger partial charge in [0.25, 0.3) is 5.91 Å². The summed E-state index contributed by atoms with van der Waals surface area (Å²) in [5, 5.41) is 0. The highest BCUT2D eigenvalue weighted by Crippen LogP contribution is 2.23. The quantitative estimate of drug-likeness (QED) is 0.777. The maximum Gasteiger partial charge on any atom is 0.422 e. The summed E-state index contributed by atoms with van der Waals surface area (Å²) < 4.78 is 46.0. The van der Waals surface area contributed by atoms with E-state index in [1.165, 1.54) is 23.2 Å². The predicted molar refractivity (Wildman–Crippen MR) is 89.3 cm³/mol. The van der Waals surface area contributed by atoms with Crippen molar-refractivity contribution in [2.24, 2.45) is 0 Å². The van der Waals surface area contributed by atoms with E-state index in [9.17, 15) is 18.0 Å². The Balaban J connectivity index is 2.04. The number of aromatic nitrogens is 1. The van der Waals surface area contributed by atoms with Crippen LogP contribution >= 0.6 is 0 Å². The summed E-state index contributed by atoms with van der Waals surface area (Å²) in [6, 6.07) is 9.74. The second-order valence-corrected chi connectivity index (χ2v) is 5.65. The van der Waals surface area contributed by atoms with Gasteiger partial charge in [0, 0.05) is 19.3 Å². The molecular weight excluding hydrogens is 349 g/mol. The van der Waals surface area contributed by atoms with E-state index in [0.717, 1.165) is 5.56 Å². The van der Waals surface area contributed by atoms with Gasteiger partial charge >= 0.3 is 6.18 Å². The highest BCUT2D eigenvalue weighted by molar-refractivity contribution is 5.94. The number of halogens is 3. The van der Waals surface area contributed by atoms with Crippen LogP contribution in [0, 0.1) is 0 Å². The molecule has 1 heterocycles. The molecule has 0 aliphatic heterocycles. The van der Waals surface area contributed by atoms with Crippen molar-refractivity contribution >= 4 is 5.91 Å². The Kier molecular flexibility index (Phi) is 6.07. The molecule has 0 radical (unpaired) electrons. The number of ether oxygens (including phenoxy) is 2. The summed E-state index contributed by atoms with van der Waals surface area (Å²) in [4.78, 5) is 17.8. The normalized spacial score (nSPS) is 12.4. The van der Waals surface area contributed by atoms with Crippen molar-refractivity contribution in [2.45, 2.75) is 19.1 Å². The van der Waals surface area contributed by atoms with Crippen LogP contribution < -0.4 is 9.47 Å². The van der Waals surface area contributed by atoms with Gasteiger partial charge in [-0.15, -0.1) is 0 Å². The molecule has 0 fully saturated rings. The Morgan fingerprint density at radius 1 is 1.19 bits per heavy atom. The molecule has 1 aromatic carbocycles. The molecular formula is C18H19F3N2O3. The number of carbonyl (C=O) groups excluding carboxylic acids is 1. The van der Waals surface area contributed by atoms with Crippen molar-refractivity contribution in [1.29, 1.82) is 0 Å². The summed E-state index contributed by atoms with van der Waals surface area (Å²) >= 11 is 0. The summed E-state index contributed by atoms with van der Waals surface area (Å²) in [7, 11) is 3.22. The average Bonchev–Trinajstić information content (AvgIpc) is 2.64. The monoisotopic (exact) mass is 368 g/mol. The highest BCUT2D eigenvalue weighted by atomic mass is 19.4. The number of hydrogen-bond donors (Lipinski definition) is 0. The van der Waals surface area contributed by atoms with Crippen LogP contribution in [0.4, 0.5) is 13.2 Å². The second-order valence-electron chi connectivity index (χ2n) is 5.65. The van der Waals surface area contributed by atoms with Gasteiger partial charge in [-0.25, -0.2) is 4.98 Å². The van der Waals surface area contributed by atoms with Gasteiger partial charge < -0.3 is 14.4 Å². The number of carbonyl (C=O) groups is 1. The third kappa shape index (κ3) is 5.11. The van der Waals surface area contributed by atoms with Crippen LogP contribution in [0.2, 0.25) is 0 Å². The lowest BCUT2D eigenvalue weighted by Gasteiger charge is -2.25. The number of hydrogen-bond acceptors (Lipinski definition) is 4. The van der Waals surface area contributed by atoms with Crippen molar-refractivity contribution in [2.75, 3.05) is 20.8 Å². The lowest BCUT2D eigenvalue weighted by molar-refractivity contribution is -0.154. The molecule has 1 unspecified atom stereocenters. The van der Waals surface area contributed by atoms with Crippen LogP contribution in [-0.4, -0.2) is 42.7 Å². The SMILES string of the molecule is COc1ccc(C(C)N(C)C(=O)c2ccc(OCC(F)(F)F)nc2)cc1. The van der Waals surface area contributed by atoms with Crippen LogP contribution in [0.1, 0.15) is 28.9 Å². The minimum absolute atomic E-state index is 0.190. The Morgan fingerprint density at radius 3 is 2.35 bits per heavy atom. The smallest absolute Gasteiger partial charge is 0.422 e. The minimum atomic E-state index is -4.44. The van der Waals surface area contributed by atoms with Gasteiger partial charge in [-0.05, 0) is 30.7 Å². The molecule has 0 spiro atoms. The summed E-state index contributed by atoms with van der Waals surface area (Å²) in [6.07, 6.45) is -3.24. The number of benzene rings is 1. The van der Waals surface area contributed by atoms with E-state index < -0.39 is 12.8 Å². The fourth-order valence-corrected chi connectivity index (χ4v) is 2.23. The first-order valence-electron chi connectivity index (χ1n) is 7.78. The minimum Gasteiger partial charge on any atom is -0.497 e. The van der Waals surface area contributed by atoms with E-state index in [1.807, 2.05) is 19.1 Å². The first-order chi connectivity index (χ1) is 12.2. The van der Waals surface area contributed by atoms with Crippen molar-refractivity contribution in [3.8, 4) is 11.6 Å². The lowest BCUT2D eigenvalue weighted by atomic mass is 10.1. The van der Waals surface area contributed by atoms with Crippen molar-refractivity contribution in [1.82, 2.24) is 9.88 Å². The zero-order valence-electron chi connectivity index (χ0n) is 14.6. The van der Waals surface area contributed by atoms with Crippen LogP contribution in [0.3, 0.4) is 0 Å². The number of alkyl halides is 3. The molecule has 26 heavy (non-hydrogen) atoms. The maximum absolute atomic E-state index is 12.6. The van der Waals surface area contributed by atoms with Gasteiger partial charge in [-0.2, -0.15) is 13.2 Å². The van der Waals surface area contributed by atoms with Crippen molar-refractivity contribution in [3.05, 3.63) is 53.7 Å². The van der Waals surface area contributed by atoms with E-state index in [0.29, 0.717) is 5.75 Å². The number of amides is 1. The molecule has 8 heteroatoms. The topological polar surface area (TPSA) is 51.7 Å². The number of methoxy groups -OCH3 is 1. The first-order valence-corrected chi connectivity index (χ1v) is 7.78. The van der Waals surface area contributed by atoms with Gasteiger partial charge in [0.15, 0.2) is 6.61 Å². The third-order valence-corrected chi connectivity index (χ3v) is 3.87. The van der Waals surface area contributed by atoms with E-state index in [4.69, 9.17) is 4.74 Å². The molecule has 140 valence electrons. The van der Waals surface area contributed by atoms with Gasteiger partial charge in [-0.3, -0.25) is 4.79 Å². The molecule has 1 atom stereocenters. The molecule has 1 amide bonds. The van der Waals surface area contributed by atoms with Gasteiger partial charge in [0.2, 0.25) is 5.88 Å². The Hall–Kier alpha value is -2.77. The summed E-state index contributed by atoms with van der Waals surface area (Å²) in [5.41, 5.74) is 1.17. The van der Waals surface area contributed by atoms with Crippen molar-refractivity contribution in [3.63, 3.8) is 0 Å². The maximum atomic E-state index is 12.6. The predicted octanol–water partition coefficient (Wildman–Crippen LogP) is 3.86. The Labute approximate surface area is 149 Å². The number of rotatable bonds is 6. The fraction of sp³-hybridized carbons (Fsp3) is 0.333. The molecule has 0 saturated carbocycles. The molecule has 0 N–H and O–H groups in total. The summed E-state index contributed by atoms with van der Waals surface area (Å²) in [6.45, 7) is 0.440. The molecule has 0 aliphatic rings. The van der Waals surface area contributed by atoms with Crippen molar-refractivity contribution < 1.29 is 27.4 Å². The van der Waals surface area contributed by atoms with Gasteiger partial charge in [0.1, 0.15) is 5.75 Å². The molecule has 2 aromatic rings. The van der Waals surface area contributed by atoms with Crippen LogP contribution in [0.15, 0.2) is 42.6 Å². The van der Waals surface area contributed by atoms with Crippen LogP contribution in [-0.2, 0) is 0 Å². The molecule has 0 saturated heterocycles. The van der Waals surface area contributed by atoms with Gasteiger partial charge in [-0.1, -0.05) is 12.1 Å². The van der Waals surface area contributed by atoms with E-state index in [1.54, 1.807) is 26.3 Å². The molecule has 1 aromatic heterocycles. The summed E-state index contributed by atoms with van der Waals surface area (Å²) in [5.74, 6) is 0.224. The molecule has 2 rings (SSSR count). The fourth-order valence-electron chi connectivity index (χ4n) is 2.23. The molecule has 0 bridgehead atoms. The Bertz CT molecular complexity index is 731. The zero-order chi connectivity index (χ0) is 19.3.